The fraction of sp³-hybridized carbons (Fsp3) is 0.154. The molecule has 0 saturated heterocycles. The fourth-order valence-electron chi connectivity index (χ4n) is 1.53. The van der Waals surface area contributed by atoms with Crippen molar-refractivity contribution < 1.29 is 9.53 Å². The first-order valence-electron chi connectivity index (χ1n) is 5.80. The Morgan fingerprint density at radius 1 is 1.25 bits per heavy atom. The molecule has 2 N–H and O–H groups in total. The molecule has 1 aromatic heterocycles. The van der Waals surface area contributed by atoms with Crippen molar-refractivity contribution in [2.75, 3.05) is 24.8 Å². The summed E-state index contributed by atoms with van der Waals surface area (Å²) in [7, 11) is 3.30. The van der Waals surface area contributed by atoms with Crippen LogP contribution in [0.15, 0.2) is 34.8 Å². The Labute approximate surface area is 124 Å². The second kappa shape index (κ2) is 6.33. The molecule has 2 rings (SSSR count). The number of amides is 1. The lowest BCUT2D eigenvalue weighted by molar-refractivity contribution is 0.102. The number of benzene rings is 1. The molecule has 0 aliphatic heterocycles. The average molecular weight is 337 g/mol. The van der Waals surface area contributed by atoms with Gasteiger partial charge in [-0.1, -0.05) is 15.9 Å². The van der Waals surface area contributed by atoms with Crippen LogP contribution in [0.3, 0.4) is 0 Å². The summed E-state index contributed by atoms with van der Waals surface area (Å²) in [5, 5.41) is 13.3. The van der Waals surface area contributed by atoms with Crippen molar-refractivity contribution in [2.45, 2.75) is 0 Å². The first kappa shape index (κ1) is 14.3. The number of anilines is 2. The number of rotatable bonds is 4. The van der Waals surface area contributed by atoms with Crippen LogP contribution >= 0.6 is 15.9 Å². The normalized spacial score (nSPS) is 9.95. The maximum atomic E-state index is 12.0. The number of aromatic nitrogens is 2. The monoisotopic (exact) mass is 336 g/mol. The summed E-state index contributed by atoms with van der Waals surface area (Å²) in [5.41, 5.74) is 0.851. The lowest BCUT2D eigenvalue weighted by Gasteiger charge is -2.07. The van der Waals surface area contributed by atoms with E-state index in [-0.39, 0.29) is 11.6 Å². The molecule has 0 radical (unpaired) electrons. The maximum Gasteiger partial charge on any atom is 0.276 e. The van der Waals surface area contributed by atoms with E-state index in [2.05, 4.69) is 36.8 Å². The van der Waals surface area contributed by atoms with Gasteiger partial charge in [0.05, 0.1) is 7.11 Å². The van der Waals surface area contributed by atoms with Gasteiger partial charge in [-0.25, -0.2) is 0 Å². The van der Waals surface area contributed by atoms with Crippen LogP contribution in [0.25, 0.3) is 0 Å². The van der Waals surface area contributed by atoms with Crippen LogP contribution in [0.5, 0.6) is 5.75 Å². The summed E-state index contributed by atoms with van der Waals surface area (Å²) in [6.45, 7) is 0. The van der Waals surface area contributed by atoms with Gasteiger partial charge in [0.2, 0.25) is 0 Å². The molecule has 7 heteroatoms. The quantitative estimate of drug-likeness (QED) is 0.897. The van der Waals surface area contributed by atoms with Crippen LogP contribution in [0.4, 0.5) is 11.5 Å². The Balaban J connectivity index is 2.16. The van der Waals surface area contributed by atoms with Gasteiger partial charge >= 0.3 is 0 Å². The fourth-order valence-corrected chi connectivity index (χ4v) is 2.01. The molecular formula is C13H13BrN4O2. The highest BCUT2D eigenvalue weighted by molar-refractivity contribution is 9.10. The van der Waals surface area contributed by atoms with Gasteiger partial charge in [-0.3, -0.25) is 4.79 Å². The number of nitrogens with one attached hydrogen (secondary N) is 2. The predicted molar refractivity (Wildman–Crippen MR) is 80.2 cm³/mol. The predicted octanol–water partition coefficient (Wildman–Crippen LogP) is 2.54. The van der Waals surface area contributed by atoms with E-state index in [1.165, 1.54) is 0 Å². The van der Waals surface area contributed by atoms with Crippen molar-refractivity contribution in [2.24, 2.45) is 0 Å². The average Bonchev–Trinajstić information content (AvgIpc) is 2.46. The van der Waals surface area contributed by atoms with Gasteiger partial charge in [-0.15, -0.1) is 10.2 Å². The summed E-state index contributed by atoms with van der Waals surface area (Å²) in [6.07, 6.45) is 0. The van der Waals surface area contributed by atoms with E-state index in [1.807, 2.05) is 0 Å². The number of carbonyl (C=O) groups is 1. The number of ether oxygens (including phenoxy) is 1. The molecule has 104 valence electrons. The van der Waals surface area contributed by atoms with Crippen LogP contribution in [0, 0.1) is 0 Å². The van der Waals surface area contributed by atoms with Crippen LogP contribution in [0.2, 0.25) is 0 Å². The first-order chi connectivity index (χ1) is 9.62. The molecule has 2 aromatic rings. The minimum absolute atomic E-state index is 0.239. The van der Waals surface area contributed by atoms with Gasteiger partial charge in [0.1, 0.15) is 11.6 Å². The molecule has 0 bridgehead atoms. The second-order valence-corrected chi connectivity index (χ2v) is 4.80. The molecule has 1 aromatic carbocycles. The third-order valence-electron chi connectivity index (χ3n) is 2.52. The molecule has 6 nitrogen and oxygen atoms in total. The summed E-state index contributed by atoms with van der Waals surface area (Å²) < 4.78 is 5.94. The molecule has 20 heavy (non-hydrogen) atoms. The smallest absolute Gasteiger partial charge is 0.276 e. The molecule has 0 atom stereocenters. The van der Waals surface area contributed by atoms with Gasteiger partial charge in [0.15, 0.2) is 5.69 Å². The van der Waals surface area contributed by atoms with Crippen LogP contribution in [-0.4, -0.2) is 30.3 Å². The van der Waals surface area contributed by atoms with Gasteiger partial charge in [-0.05, 0) is 24.3 Å². The van der Waals surface area contributed by atoms with Gasteiger partial charge in [-0.2, -0.15) is 0 Å². The Morgan fingerprint density at radius 2 is 2.05 bits per heavy atom. The van der Waals surface area contributed by atoms with Crippen LogP contribution in [-0.2, 0) is 0 Å². The molecule has 0 spiro atoms. The van der Waals surface area contributed by atoms with Crippen molar-refractivity contribution in [3.8, 4) is 5.75 Å². The molecule has 0 aliphatic rings. The van der Waals surface area contributed by atoms with E-state index in [0.717, 1.165) is 4.47 Å². The van der Waals surface area contributed by atoms with E-state index < -0.39 is 0 Å². The minimum Gasteiger partial charge on any atom is -0.497 e. The number of hydrogen-bond acceptors (Lipinski definition) is 5. The zero-order valence-corrected chi connectivity index (χ0v) is 12.6. The van der Waals surface area contributed by atoms with Crippen LogP contribution in [0.1, 0.15) is 10.5 Å². The molecule has 1 heterocycles. The molecular weight excluding hydrogens is 324 g/mol. The van der Waals surface area contributed by atoms with E-state index >= 15 is 0 Å². The third kappa shape index (κ3) is 3.45. The van der Waals surface area contributed by atoms with Crippen molar-refractivity contribution in [1.82, 2.24) is 10.2 Å². The second-order valence-electron chi connectivity index (χ2n) is 3.89. The van der Waals surface area contributed by atoms with Gasteiger partial charge in [0.25, 0.3) is 5.91 Å². The first-order valence-corrected chi connectivity index (χ1v) is 6.59. The lowest BCUT2D eigenvalue weighted by Crippen LogP contribution is -2.14. The standard InChI is InChI=1S/C13H13BrN4O2/c1-15-12-4-3-11(17-18-12)13(19)16-9-5-8(14)6-10(7-9)20-2/h3-7H,1-2H3,(H,15,18)(H,16,19). The van der Waals surface area contributed by atoms with E-state index in [9.17, 15) is 4.79 Å². The maximum absolute atomic E-state index is 12.0. The summed E-state index contributed by atoms with van der Waals surface area (Å²) in [4.78, 5) is 12.0. The highest BCUT2D eigenvalue weighted by Gasteiger charge is 2.09. The third-order valence-corrected chi connectivity index (χ3v) is 2.98. The zero-order chi connectivity index (χ0) is 14.5. The number of nitrogens with zero attached hydrogens (tertiary/aromatic N) is 2. The van der Waals surface area contributed by atoms with Gasteiger partial charge < -0.3 is 15.4 Å². The molecule has 0 unspecified atom stereocenters. The largest absolute Gasteiger partial charge is 0.497 e. The lowest BCUT2D eigenvalue weighted by atomic mass is 10.3. The highest BCUT2D eigenvalue weighted by atomic mass is 79.9. The Morgan fingerprint density at radius 3 is 2.65 bits per heavy atom. The van der Waals surface area contributed by atoms with Crippen LogP contribution < -0.4 is 15.4 Å². The summed E-state index contributed by atoms with van der Waals surface area (Å²) in [6, 6.07) is 8.58. The topological polar surface area (TPSA) is 76.1 Å². The highest BCUT2D eigenvalue weighted by Crippen LogP contribution is 2.24. The number of hydrogen-bond donors (Lipinski definition) is 2. The minimum atomic E-state index is -0.333. The summed E-state index contributed by atoms with van der Waals surface area (Å²) >= 11 is 3.35. The molecule has 0 aliphatic carbocycles. The Hall–Kier alpha value is -2.15. The molecule has 0 fully saturated rings. The number of halogens is 1. The SMILES string of the molecule is CNc1ccc(C(=O)Nc2cc(Br)cc(OC)c2)nn1. The Kier molecular flexibility index (Phi) is 4.52. The van der Waals surface area contributed by atoms with E-state index in [1.54, 1.807) is 44.5 Å². The van der Waals surface area contributed by atoms with E-state index in [0.29, 0.717) is 17.3 Å². The van der Waals surface area contributed by atoms with Gasteiger partial charge in [0, 0.05) is 23.3 Å². The number of methoxy groups -OCH3 is 1. The Bertz CT molecular complexity index is 616. The number of carbonyl (C=O) groups excluding carboxylic acids is 1. The summed E-state index contributed by atoms with van der Waals surface area (Å²) in [5.74, 6) is 0.914. The molecule has 1 amide bonds. The zero-order valence-electron chi connectivity index (χ0n) is 11.0. The van der Waals surface area contributed by atoms with Crippen molar-refractivity contribution in [3.05, 3.63) is 40.5 Å². The van der Waals surface area contributed by atoms with Crippen molar-refractivity contribution >= 4 is 33.3 Å². The molecule has 0 saturated carbocycles. The van der Waals surface area contributed by atoms with E-state index in [4.69, 9.17) is 4.74 Å². The van der Waals surface area contributed by atoms with Crippen molar-refractivity contribution in [3.63, 3.8) is 0 Å². The van der Waals surface area contributed by atoms with Crippen molar-refractivity contribution in [1.29, 1.82) is 0 Å².